The van der Waals surface area contributed by atoms with Gasteiger partial charge in [0, 0.05) is 42.4 Å². The summed E-state index contributed by atoms with van der Waals surface area (Å²) in [5.74, 6) is 0.306. The number of aliphatic imine (C=N–C) groups is 1. The van der Waals surface area contributed by atoms with Gasteiger partial charge in [0.2, 0.25) is 5.91 Å². The van der Waals surface area contributed by atoms with Gasteiger partial charge in [-0.25, -0.2) is 4.99 Å². The molecule has 1 aliphatic rings. The molecular formula is C17H27ClIN5O. The van der Waals surface area contributed by atoms with Gasteiger partial charge in [0.25, 0.3) is 0 Å². The van der Waals surface area contributed by atoms with E-state index in [4.69, 9.17) is 17.3 Å². The summed E-state index contributed by atoms with van der Waals surface area (Å²) in [6, 6.07) is 7.77. The number of guanidine groups is 1. The Morgan fingerprint density at radius 1 is 1.20 bits per heavy atom. The minimum Gasteiger partial charge on any atom is -0.370 e. The highest BCUT2D eigenvalue weighted by atomic mass is 127. The van der Waals surface area contributed by atoms with Crippen LogP contribution in [0.15, 0.2) is 29.3 Å². The Bertz CT molecular complexity index is 592. The summed E-state index contributed by atoms with van der Waals surface area (Å²) in [5, 5.41) is 3.78. The van der Waals surface area contributed by atoms with Gasteiger partial charge in [-0.2, -0.15) is 0 Å². The molecule has 1 fully saturated rings. The molecular weight excluding hydrogens is 453 g/mol. The van der Waals surface area contributed by atoms with Gasteiger partial charge in [-0.15, -0.1) is 24.0 Å². The third-order valence-corrected chi connectivity index (χ3v) is 3.96. The van der Waals surface area contributed by atoms with E-state index in [-0.39, 0.29) is 42.0 Å². The van der Waals surface area contributed by atoms with Crippen LogP contribution >= 0.6 is 35.6 Å². The van der Waals surface area contributed by atoms with Crippen molar-refractivity contribution in [3.8, 4) is 0 Å². The Kier molecular flexibility index (Phi) is 8.27. The van der Waals surface area contributed by atoms with Crippen molar-refractivity contribution in [2.75, 3.05) is 37.6 Å². The molecule has 25 heavy (non-hydrogen) atoms. The molecule has 6 nitrogen and oxygen atoms in total. The number of rotatable bonds is 3. The number of nitrogens with zero attached hydrogens (tertiary/aromatic N) is 3. The number of benzene rings is 1. The van der Waals surface area contributed by atoms with Gasteiger partial charge in [-0.1, -0.05) is 11.6 Å². The van der Waals surface area contributed by atoms with Crippen LogP contribution in [0.25, 0.3) is 0 Å². The molecule has 2 rings (SSSR count). The summed E-state index contributed by atoms with van der Waals surface area (Å²) in [6.07, 6.45) is 0. The molecule has 3 N–H and O–H groups in total. The van der Waals surface area contributed by atoms with Crippen LogP contribution in [0.5, 0.6) is 0 Å². The highest BCUT2D eigenvalue weighted by Crippen LogP contribution is 2.19. The molecule has 140 valence electrons. The molecule has 0 bridgehead atoms. The Hall–Kier alpha value is -1.22. The van der Waals surface area contributed by atoms with Crippen molar-refractivity contribution in [3.63, 3.8) is 0 Å². The van der Waals surface area contributed by atoms with E-state index in [0.29, 0.717) is 19.0 Å². The topological polar surface area (TPSA) is 74.0 Å². The summed E-state index contributed by atoms with van der Waals surface area (Å²) < 4.78 is 0. The monoisotopic (exact) mass is 479 g/mol. The second kappa shape index (κ2) is 9.47. The van der Waals surface area contributed by atoms with E-state index in [9.17, 15) is 4.79 Å². The highest BCUT2D eigenvalue weighted by Gasteiger charge is 2.21. The summed E-state index contributed by atoms with van der Waals surface area (Å²) in [7, 11) is 0. The van der Waals surface area contributed by atoms with Crippen LogP contribution in [0.4, 0.5) is 5.69 Å². The molecule has 1 aliphatic heterocycles. The first-order valence-electron chi connectivity index (χ1n) is 8.11. The van der Waals surface area contributed by atoms with E-state index in [1.165, 1.54) is 0 Å². The Morgan fingerprint density at radius 2 is 1.76 bits per heavy atom. The average molecular weight is 480 g/mol. The number of nitrogens with two attached hydrogens (primary N) is 1. The van der Waals surface area contributed by atoms with E-state index in [2.05, 4.69) is 15.2 Å². The van der Waals surface area contributed by atoms with Crippen molar-refractivity contribution in [1.29, 1.82) is 0 Å². The molecule has 0 radical (unpaired) electrons. The van der Waals surface area contributed by atoms with E-state index in [0.717, 1.165) is 23.8 Å². The molecule has 0 aliphatic carbocycles. The Balaban J connectivity index is 0.00000312. The predicted molar refractivity (Wildman–Crippen MR) is 115 cm³/mol. The number of carbonyl (C=O) groups excluding carboxylic acids is 1. The number of hydrogen-bond donors (Lipinski definition) is 2. The van der Waals surface area contributed by atoms with Crippen molar-refractivity contribution in [3.05, 3.63) is 29.3 Å². The lowest BCUT2D eigenvalue weighted by atomic mass is 10.1. The fourth-order valence-electron chi connectivity index (χ4n) is 2.54. The number of hydrogen-bond acceptors (Lipinski definition) is 3. The average Bonchev–Trinajstić information content (AvgIpc) is 2.52. The van der Waals surface area contributed by atoms with Crippen LogP contribution in [0.2, 0.25) is 5.02 Å². The van der Waals surface area contributed by atoms with Crippen LogP contribution in [-0.4, -0.2) is 55.0 Å². The molecule has 0 saturated carbocycles. The standard InChI is InChI=1S/C17H26ClN5O.HI/c1-17(2,3)21-16(19)20-12-15(24)23-10-8-22(9-11-23)14-6-4-13(18)5-7-14;/h4-7H,8-12H2,1-3H3,(H3,19,20,21);1H. The van der Waals surface area contributed by atoms with Gasteiger partial charge in [0.05, 0.1) is 0 Å². The first-order valence-corrected chi connectivity index (χ1v) is 8.49. The maximum atomic E-state index is 12.3. The summed E-state index contributed by atoms with van der Waals surface area (Å²) in [5.41, 5.74) is 6.76. The van der Waals surface area contributed by atoms with Crippen molar-refractivity contribution in [2.24, 2.45) is 10.7 Å². The number of carbonyl (C=O) groups is 1. The van der Waals surface area contributed by atoms with E-state index >= 15 is 0 Å². The van der Waals surface area contributed by atoms with Crippen LogP contribution < -0.4 is 16.0 Å². The zero-order valence-corrected chi connectivity index (χ0v) is 18.0. The van der Waals surface area contributed by atoms with E-state index in [1.807, 2.05) is 49.9 Å². The second-order valence-electron chi connectivity index (χ2n) is 6.92. The molecule has 1 saturated heterocycles. The lowest BCUT2D eigenvalue weighted by Crippen LogP contribution is -2.50. The lowest BCUT2D eigenvalue weighted by molar-refractivity contribution is -0.129. The predicted octanol–water partition coefficient (Wildman–Crippen LogP) is 2.31. The van der Waals surface area contributed by atoms with Crippen molar-refractivity contribution >= 4 is 53.1 Å². The van der Waals surface area contributed by atoms with Gasteiger partial charge in [0.15, 0.2) is 5.96 Å². The fourth-order valence-corrected chi connectivity index (χ4v) is 2.67. The third-order valence-electron chi connectivity index (χ3n) is 3.71. The number of halogens is 2. The molecule has 0 atom stereocenters. The molecule has 1 aromatic carbocycles. The van der Waals surface area contributed by atoms with Gasteiger partial charge >= 0.3 is 0 Å². The first-order chi connectivity index (χ1) is 11.2. The van der Waals surface area contributed by atoms with E-state index < -0.39 is 0 Å². The lowest BCUT2D eigenvalue weighted by Gasteiger charge is -2.36. The normalized spacial score (nSPS) is 15.6. The molecule has 1 heterocycles. The van der Waals surface area contributed by atoms with Crippen LogP contribution in [0, 0.1) is 0 Å². The maximum Gasteiger partial charge on any atom is 0.244 e. The number of anilines is 1. The van der Waals surface area contributed by atoms with Crippen LogP contribution in [0.1, 0.15) is 20.8 Å². The summed E-state index contributed by atoms with van der Waals surface area (Å²) in [6.45, 7) is 9.02. The van der Waals surface area contributed by atoms with Gasteiger partial charge in [-0.3, -0.25) is 4.79 Å². The zero-order chi connectivity index (χ0) is 17.7. The second-order valence-corrected chi connectivity index (χ2v) is 7.36. The van der Waals surface area contributed by atoms with Gasteiger partial charge in [0.1, 0.15) is 6.54 Å². The van der Waals surface area contributed by atoms with E-state index in [1.54, 1.807) is 0 Å². The largest absolute Gasteiger partial charge is 0.370 e. The molecule has 0 aromatic heterocycles. The van der Waals surface area contributed by atoms with Crippen molar-refractivity contribution < 1.29 is 4.79 Å². The Morgan fingerprint density at radius 3 is 2.28 bits per heavy atom. The maximum absolute atomic E-state index is 12.3. The zero-order valence-electron chi connectivity index (χ0n) is 15.0. The molecule has 0 unspecified atom stereocenters. The minimum atomic E-state index is -0.166. The highest BCUT2D eigenvalue weighted by molar-refractivity contribution is 14.0. The quantitative estimate of drug-likeness (QED) is 0.396. The number of nitrogens with one attached hydrogen (secondary N) is 1. The Labute approximate surface area is 171 Å². The minimum absolute atomic E-state index is 0. The summed E-state index contributed by atoms with van der Waals surface area (Å²) >= 11 is 5.92. The SMILES string of the molecule is CC(C)(C)NC(N)=NCC(=O)N1CCN(c2ccc(Cl)cc2)CC1.I. The molecule has 1 aromatic rings. The van der Waals surface area contributed by atoms with Crippen molar-refractivity contribution in [2.45, 2.75) is 26.3 Å². The molecule has 1 amide bonds. The molecule has 8 heteroatoms. The third kappa shape index (κ3) is 7.27. The first kappa shape index (κ1) is 21.8. The number of piperazine rings is 1. The van der Waals surface area contributed by atoms with Gasteiger partial charge < -0.3 is 20.9 Å². The van der Waals surface area contributed by atoms with Crippen molar-refractivity contribution in [1.82, 2.24) is 10.2 Å². The van der Waals surface area contributed by atoms with Crippen LogP contribution in [-0.2, 0) is 4.79 Å². The molecule has 0 spiro atoms. The smallest absolute Gasteiger partial charge is 0.244 e. The van der Waals surface area contributed by atoms with Crippen LogP contribution in [0.3, 0.4) is 0 Å². The summed E-state index contributed by atoms with van der Waals surface area (Å²) in [4.78, 5) is 20.5. The van der Waals surface area contributed by atoms with Gasteiger partial charge in [-0.05, 0) is 45.0 Å². The number of amides is 1. The fraction of sp³-hybridized carbons (Fsp3) is 0.529.